The minimum Gasteiger partial charge on any atom is -0.370 e. The lowest BCUT2D eigenvalue weighted by Crippen LogP contribution is -2.23. The first-order valence-corrected chi connectivity index (χ1v) is 4.66. The van der Waals surface area contributed by atoms with E-state index in [4.69, 9.17) is 21.4 Å². The minimum absolute atomic E-state index is 0.0147. The lowest BCUT2D eigenvalue weighted by Gasteiger charge is -1.94. The van der Waals surface area contributed by atoms with Gasteiger partial charge in [-0.2, -0.15) is 9.98 Å². The molecule has 1 rings (SSSR count). The third-order valence-electron chi connectivity index (χ3n) is 1.13. The van der Waals surface area contributed by atoms with Crippen LogP contribution in [0, 0.1) is 12.3 Å². The molecule has 0 spiro atoms. The molecule has 7 nitrogen and oxygen atoms in total. The second kappa shape index (κ2) is 4.61. The van der Waals surface area contributed by atoms with E-state index in [-0.39, 0.29) is 11.1 Å². The van der Waals surface area contributed by atoms with Crippen molar-refractivity contribution in [2.24, 2.45) is 16.5 Å². The molecule has 1 aromatic heterocycles. The van der Waals surface area contributed by atoms with E-state index < -0.39 is 0 Å². The molecule has 0 amide bonds. The van der Waals surface area contributed by atoms with Gasteiger partial charge < -0.3 is 16.0 Å². The van der Waals surface area contributed by atoms with Crippen LogP contribution in [0.2, 0.25) is 0 Å². The molecular formula is C6H10N6OS. The fourth-order valence-electron chi connectivity index (χ4n) is 0.678. The number of nitrogens with two attached hydrogens (primary N) is 2. The van der Waals surface area contributed by atoms with Crippen molar-refractivity contribution in [3.05, 3.63) is 11.7 Å². The standard InChI is InChI=1S/C6H10N6OS/c1-3-10-4(13-12-3)2-14-6(9)11-5(7)8/h2H2,1H3,(H5,7,8,9,11). The van der Waals surface area contributed by atoms with Crippen molar-refractivity contribution in [3.63, 3.8) is 0 Å². The van der Waals surface area contributed by atoms with Crippen molar-refractivity contribution < 1.29 is 4.52 Å². The summed E-state index contributed by atoms with van der Waals surface area (Å²) >= 11 is 1.11. The Morgan fingerprint density at radius 3 is 2.86 bits per heavy atom. The quantitative estimate of drug-likeness (QED) is 0.463. The minimum atomic E-state index is -0.135. The Balaban J connectivity index is 2.41. The number of hydrogen-bond acceptors (Lipinski definition) is 5. The van der Waals surface area contributed by atoms with Crippen LogP contribution in [0.5, 0.6) is 0 Å². The number of nitrogens with one attached hydrogen (secondary N) is 1. The molecule has 0 aromatic carbocycles. The van der Waals surface area contributed by atoms with E-state index in [2.05, 4.69) is 15.1 Å². The monoisotopic (exact) mass is 214 g/mol. The molecule has 0 aliphatic heterocycles. The molecule has 0 aliphatic carbocycles. The third kappa shape index (κ3) is 3.44. The van der Waals surface area contributed by atoms with Crippen molar-refractivity contribution in [2.75, 3.05) is 0 Å². The van der Waals surface area contributed by atoms with Gasteiger partial charge in [0.05, 0.1) is 5.75 Å². The summed E-state index contributed by atoms with van der Waals surface area (Å²) < 4.78 is 4.83. The Bertz CT molecular complexity index is 355. The van der Waals surface area contributed by atoms with E-state index in [1.165, 1.54) is 0 Å². The molecule has 14 heavy (non-hydrogen) atoms. The highest BCUT2D eigenvalue weighted by Crippen LogP contribution is 2.11. The van der Waals surface area contributed by atoms with Gasteiger partial charge in [-0.3, -0.25) is 5.41 Å². The molecule has 8 heteroatoms. The average molecular weight is 214 g/mol. The maximum Gasteiger partial charge on any atom is 0.237 e. The van der Waals surface area contributed by atoms with E-state index >= 15 is 0 Å². The molecule has 0 unspecified atom stereocenters. The maximum absolute atomic E-state index is 7.30. The lowest BCUT2D eigenvalue weighted by atomic mass is 10.7. The summed E-state index contributed by atoms with van der Waals surface area (Å²) in [6.45, 7) is 1.72. The van der Waals surface area contributed by atoms with Gasteiger partial charge in [-0.25, -0.2) is 0 Å². The van der Waals surface area contributed by atoms with Crippen LogP contribution in [0.1, 0.15) is 11.7 Å². The van der Waals surface area contributed by atoms with Gasteiger partial charge in [-0.05, 0) is 6.92 Å². The second-order valence-electron chi connectivity index (χ2n) is 2.37. The van der Waals surface area contributed by atoms with Crippen LogP contribution >= 0.6 is 11.8 Å². The molecule has 0 saturated heterocycles. The number of amidine groups is 1. The van der Waals surface area contributed by atoms with Crippen molar-refractivity contribution in [3.8, 4) is 0 Å². The van der Waals surface area contributed by atoms with E-state index in [1.54, 1.807) is 6.92 Å². The van der Waals surface area contributed by atoms with Crippen LogP contribution in [-0.4, -0.2) is 21.3 Å². The van der Waals surface area contributed by atoms with Gasteiger partial charge in [0.15, 0.2) is 17.0 Å². The molecule has 0 aliphatic rings. The molecule has 5 N–H and O–H groups in total. The summed E-state index contributed by atoms with van der Waals surface area (Å²) in [7, 11) is 0. The molecule has 0 atom stereocenters. The van der Waals surface area contributed by atoms with Gasteiger partial charge in [0.1, 0.15) is 0 Å². The zero-order valence-electron chi connectivity index (χ0n) is 7.52. The molecule has 1 aromatic rings. The first kappa shape index (κ1) is 10.5. The second-order valence-corrected chi connectivity index (χ2v) is 3.33. The summed E-state index contributed by atoms with van der Waals surface area (Å²) in [5.74, 6) is 1.26. The topological polar surface area (TPSA) is 127 Å². The van der Waals surface area contributed by atoms with Crippen molar-refractivity contribution in [1.29, 1.82) is 5.41 Å². The zero-order valence-corrected chi connectivity index (χ0v) is 8.34. The lowest BCUT2D eigenvalue weighted by molar-refractivity contribution is 0.387. The molecular weight excluding hydrogens is 204 g/mol. The van der Waals surface area contributed by atoms with Crippen LogP contribution < -0.4 is 11.5 Å². The van der Waals surface area contributed by atoms with E-state index in [1.807, 2.05) is 0 Å². The Hall–Kier alpha value is -1.57. The number of aromatic nitrogens is 2. The number of hydrogen-bond donors (Lipinski definition) is 3. The Morgan fingerprint density at radius 2 is 2.36 bits per heavy atom. The highest BCUT2D eigenvalue weighted by atomic mass is 32.2. The van der Waals surface area contributed by atoms with Gasteiger partial charge in [-0.1, -0.05) is 16.9 Å². The van der Waals surface area contributed by atoms with E-state index in [0.29, 0.717) is 17.5 Å². The predicted molar refractivity (Wildman–Crippen MR) is 53.9 cm³/mol. The Kier molecular flexibility index (Phi) is 3.46. The zero-order chi connectivity index (χ0) is 10.6. The van der Waals surface area contributed by atoms with E-state index in [0.717, 1.165) is 11.8 Å². The number of aryl methyl sites for hydroxylation is 1. The predicted octanol–water partition coefficient (Wildman–Crippen LogP) is -0.181. The summed E-state index contributed by atoms with van der Waals surface area (Å²) in [6, 6.07) is 0. The van der Waals surface area contributed by atoms with Crippen LogP contribution in [0.3, 0.4) is 0 Å². The fourth-order valence-corrected chi connectivity index (χ4v) is 1.23. The van der Waals surface area contributed by atoms with E-state index in [9.17, 15) is 0 Å². The van der Waals surface area contributed by atoms with Crippen LogP contribution in [0.4, 0.5) is 0 Å². The maximum atomic E-state index is 7.30. The Morgan fingerprint density at radius 1 is 1.64 bits per heavy atom. The molecule has 76 valence electrons. The fraction of sp³-hybridized carbons (Fsp3) is 0.333. The molecule has 0 fully saturated rings. The highest BCUT2D eigenvalue weighted by molar-refractivity contribution is 8.13. The van der Waals surface area contributed by atoms with Crippen molar-refractivity contribution in [2.45, 2.75) is 12.7 Å². The van der Waals surface area contributed by atoms with Gasteiger partial charge >= 0.3 is 0 Å². The largest absolute Gasteiger partial charge is 0.370 e. The third-order valence-corrected chi connectivity index (χ3v) is 1.89. The number of nitrogens with zero attached hydrogens (tertiary/aromatic N) is 3. The average Bonchev–Trinajstić information content (AvgIpc) is 2.47. The summed E-state index contributed by atoms with van der Waals surface area (Å²) in [4.78, 5) is 7.48. The van der Waals surface area contributed by atoms with Crippen LogP contribution in [0.25, 0.3) is 0 Å². The van der Waals surface area contributed by atoms with Crippen LogP contribution in [-0.2, 0) is 5.75 Å². The van der Waals surface area contributed by atoms with Gasteiger partial charge in [-0.15, -0.1) is 0 Å². The van der Waals surface area contributed by atoms with Gasteiger partial charge in [0.25, 0.3) is 0 Å². The summed E-state index contributed by atoms with van der Waals surface area (Å²) in [5, 5.41) is 10.9. The number of thioether (sulfide) groups is 1. The van der Waals surface area contributed by atoms with Crippen molar-refractivity contribution in [1.82, 2.24) is 10.1 Å². The molecule has 1 heterocycles. The summed E-state index contributed by atoms with van der Waals surface area (Å²) in [5.41, 5.74) is 10.2. The van der Waals surface area contributed by atoms with Gasteiger partial charge in [0, 0.05) is 0 Å². The first-order chi connectivity index (χ1) is 6.58. The Labute approximate surface area is 84.5 Å². The normalized spacial score (nSPS) is 9.79. The summed E-state index contributed by atoms with van der Waals surface area (Å²) in [6.07, 6.45) is 0. The number of guanidine groups is 1. The van der Waals surface area contributed by atoms with Crippen LogP contribution in [0.15, 0.2) is 9.52 Å². The van der Waals surface area contributed by atoms with Gasteiger partial charge in [0.2, 0.25) is 5.89 Å². The molecule has 0 bridgehead atoms. The first-order valence-electron chi connectivity index (χ1n) is 3.68. The number of aliphatic imine (C=N–C) groups is 1. The molecule has 0 radical (unpaired) electrons. The SMILES string of the molecule is Cc1noc(CSC(=N)N=C(N)N)n1. The smallest absolute Gasteiger partial charge is 0.237 e. The molecule has 0 saturated carbocycles. The highest BCUT2D eigenvalue weighted by Gasteiger charge is 2.04. The van der Waals surface area contributed by atoms with Crippen molar-refractivity contribution >= 4 is 22.9 Å². The number of rotatable bonds is 2.